The first-order valence-electron chi connectivity index (χ1n) is 9.11. The molecule has 0 atom stereocenters. The van der Waals surface area contributed by atoms with Crippen molar-refractivity contribution in [2.24, 2.45) is 4.99 Å². The molecule has 0 aliphatic rings. The summed E-state index contributed by atoms with van der Waals surface area (Å²) in [4.78, 5) is 9.00. The summed E-state index contributed by atoms with van der Waals surface area (Å²) in [6.07, 6.45) is 1.56. The minimum atomic E-state index is 0.000994. The smallest absolute Gasteiger partial charge is 0.228 e. The summed E-state index contributed by atoms with van der Waals surface area (Å²) in [5.41, 5.74) is 2.95. The normalized spacial score (nSPS) is 11.5. The molecule has 0 aliphatic heterocycles. The molecule has 0 radical (unpaired) electrons. The minimum absolute atomic E-state index is 0.000994. The number of aliphatic imine (C=N–C) groups is 1. The number of nitrogens with zero attached hydrogens (tertiary/aromatic N) is 2. The van der Waals surface area contributed by atoms with E-state index in [-0.39, 0.29) is 5.75 Å². The maximum absolute atomic E-state index is 10.5. The minimum Gasteiger partial charge on any atom is -0.504 e. The molecule has 0 bridgehead atoms. The lowest BCUT2D eigenvalue weighted by molar-refractivity contribution is 0.317. The molecule has 0 spiro atoms. The van der Waals surface area contributed by atoms with Crippen LogP contribution in [0.3, 0.4) is 0 Å². The lowest BCUT2D eigenvalue weighted by Crippen LogP contribution is -1.95. The number of hydrogen-bond acceptors (Lipinski definition) is 5. The fourth-order valence-electron chi connectivity index (χ4n) is 2.91. The maximum atomic E-state index is 10.5. The molecule has 9 heteroatoms. The highest BCUT2D eigenvalue weighted by Gasteiger charge is 2.15. The highest BCUT2D eigenvalue weighted by molar-refractivity contribution is 9.13. The standard InChI is InChI=1S/C22H14Br2Cl2N2O3/c1-2-30-19-9-15(23)20(24)14(21(19)29)10-27-12-4-6-18-17(8-12)28-22(31-18)13-7-11(25)3-5-16(13)26/h3-10,29H,2H2,1H3. The van der Waals surface area contributed by atoms with Crippen molar-refractivity contribution >= 4 is 78.1 Å². The van der Waals surface area contributed by atoms with E-state index in [1.807, 2.05) is 6.92 Å². The zero-order chi connectivity index (χ0) is 22.1. The van der Waals surface area contributed by atoms with Gasteiger partial charge in [-0.25, -0.2) is 4.98 Å². The van der Waals surface area contributed by atoms with Crippen molar-refractivity contribution in [3.8, 4) is 23.0 Å². The number of halogens is 4. The number of hydrogen-bond donors (Lipinski definition) is 1. The monoisotopic (exact) mass is 582 g/mol. The second-order valence-corrected chi connectivity index (χ2v) is 8.91. The molecule has 4 aromatic rings. The van der Waals surface area contributed by atoms with Crippen LogP contribution in [0.1, 0.15) is 12.5 Å². The van der Waals surface area contributed by atoms with Crippen LogP contribution in [0.2, 0.25) is 10.0 Å². The van der Waals surface area contributed by atoms with Gasteiger partial charge in [-0.2, -0.15) is 0 Å². The van der Waals surface area contributed by atoms with Gasteiger partial charge >= 0.3 is 0 Å². The topological polar surface area (TPSA) is 67.9 Å². The summed E-state index contributed by atoms with van der Waals surface area (Å²) in [6, 6.07) is 12.2. The Morgan fingerprint density at radius 1 is 1.16 bits per heavy atom. The van der Waals surface area contributed by atoms with Gasteiger partial charge in [-0.3, -0.25) is 4.99 Å². The van der Waals surface area contributed by atoms with Crippen LogP contribution in [0.15, 0.2) is 60.8 Å². The molecule has 0 saturated carbocycles. The summed E-state index contributed by atoms with van der Waals surface area (Å²) in [6.45, 7) is 2.28. The lowest BCUT2D eigenvalue weighted by Gasteiger charge is -2.11. The molecule has 1 N–H and O–H groups in total. The van der Waals surface area contributed by atoms with Gasteiger partial charge in [0.2, 0.25) is 5.89 Å². The second-order valence-electron chi connectivity index (χ2n) is 6.42. The largest absolute Gasteiger partial charge is 0.504 e. The lowest BCUT2D eigenvalue weighted by atomic mass is 10.2. The summed E-state index contributed by atoms with van der Waals surface area (Å²) in [5.74, 6) is 0.743. The molecule has 1 heterocycles. The summed E-state index contributed by atoms with van der Waals surface area (Å²) < 4.78 is 12.7. The molecule has 3 aromatic carbocycles. The number of ether oxygens (including phenoxy) is 1. The molecular weight excluding hydrogens is 571 g/mol. The van der Waals surface area contributed by atoms with Crippen molar-refractivity contribution in [2.45, 2.75) is 6.92 Å². The van der Waals surface area contributed by atoms with Gasteiger partial charge in [0, 0.05) is 20.2 Å². The molecule has 0 amide bonds. The van der Waals surface area contributed by atoms with Gasteiger partial charge in [0.1, 0.15) is 5.52 Å². The Bertz CT molecular complexity index is 1320. The predicted octanol–water partition coefficient (Wildman–Crippen LogP) is 8.18. The van der Waals surface area contributed by atoms with Crippen LogP contribution in [0.4, 0.5) is 5.69 Å². The maximum Gasteiger partial charge on any atom is 0.228 e. The van der Waals surface area contributed by atoms with Crippen LogP contribution >= 0.6 is 55.1 Å². The Morgan fingerprint density at radius 3 is 2.74 bits per heavy atom. The number of aromatic hydroxyl groups is 1. The van der Waals surface area contributed by atoms with Crippen LogP contribution < -0.4 is 4.74 Å². The van der Waals surface area contributed by atoms with Crippen molar-refractivity contribution in [3.05, 3.63) is 67.0 Å². The number of phenols is 1. The zero-order valence-electron chi connectivity index (χ0n) is 16.0. The molecule has 0 fully saturated rings. The van der Waals surface area contributed by atoms with Gasteiger partial charge in [0.25, 0.3) is 0 Å². The SMILES string of the molecule is CCOc1cc(Br)c(Br)c(C=Nc2ccc3oc(-c4cc(Cl)ccc4Cl)nc3c2)c1O. The van der Waals surface area contributed by atoms with E-state index in [1.165, 1.54) is 0 Å². The van der Waals surface area contributed by atoms with Crippen molar-refractivity contribution < 1.29 is 14.3 Å². The van der Waals surface area contributed by atoms with Gasteiger partial charge in [-0.15, -0.1) is 0 Å². The molecule has 4 rings (SSSR count). The van der Waals surface area contributed by atoms with Crippen molar-refractivity contribution in [1.29, 1.82) is 0 Å². The highest BCUT2D eigenvalue weighted by atomic mass is 79.9. The number of aromatic nitrogens is 1. The zero-order valence-corrected chi connectivity index (χ0v) is 20.7. The molecular formula is C22H14Br2Cl2N2O3. The Balaban J connectivity index is 1.70. The Hall–Kier alpha value is -2.06. The third-order valence-corrected chi connectivity index (χ3v) is 6.94. The summed E-state index contributed by atoms with van der Waals surface area (Å²) >= 11 is 19.3. The van der Waals surface area contributed by atoms with E-state index in [0.717, 1.165) is 4.47 Å². The number of oxazole rings is 1. The molecule has 0 saturated heterocycles. The van der Waals surface area contributed by atoms with Gasteiger partial charge in [0.15, 0.2) is 17.1 Å². The van der Waals surface area contributed by atoms with E-state index in [9.17, 15) is 5.11 Å². The fourth-order valence-corrected chi connectivity index (χ4v) is 4.10. The van der Waals surface area contributed by atoms with Gasteiger partial charge < -0.3 is 14.3 Å². The van der Waals surface area contributed by atoms with E-state index in [4.69, 9.17) is 32.4 Å². The Labute approximate surface area is 204 Å². The van der Waals surface area contributed by atoms with Crippen molar-refractivity contribution in [1.82, 2.24) is 4.98 Å². The van der Waals surface area contributed by atoms with Gasteiger partial charge in [-0.1, -0.05) is 23.2 Å². The van der Waals surface area contributed by atoms with E-state index >= 15 is 0 Å². The first-order valence-corrected chi connectivity index (χ1v) is 11.5. The van der Waals surface area contributed by atoms with Gasteiger partial charge in [-0.05, 0) is 81.2 Å². The average Bonchev–Trinajstić information content (AvgIpc) is 3.17. The van der Waals surface area contributed by atoms with E-state index < -0.39 is 0 Å². The number of phenolic OH excluding ortho intramolecular Hbond substituents is 1. The highest BCUT2D eigenvalue weighted by Crippen LogP contribution is 2.40. The summed E-state index contributed by atoms with van der Waals surface area (Å²) in [7, 11) is 0. The predicted molar refractivity (Wildman–Crippen MR) is 131 cm³/mol. The molecule has 0 aliphatic carbocycles. The molecule has 5 nitrogen and oxygen atoms in total. The first-order chi connectivity index (χ1) is 14.9. The van der Waals surface area contributed by atoms with Crippen LogP contribution in [0.5, 0.6) is 11.5 Å². The quantitative estimate of drug-likeness (QED) is 0.240. The number of benzene rings is 3. The van der Waals surface area contributed by atoms with Crippen molar-refractivity contribution in [2.75, 3.05) is 6.61 Å². The van der Waals surface area contributed by atoms with Crippen LogP contribution in [-0.4, -0.2) is 22.9 Å². The van der Waals surface area contributed by atoms with Crippen LogP contribution in [0, 0.1) is 0 Å². The Morgan fingerprint density at radius 2 is 1.97 bits per heavy atom. The van der Waals surface area contributed by atoms with Crippen LogP contribution in [0.25, 0.3) is 22.6 Å². The molecule has 0 unspecified atom stereocenters. The second kappa shape index (κ2) is 9.20. The van der Waals surface area contributed by atoms with E-state index in [0.29, 0.717) is 60.7 Å². The first kappa shape index (κ1) is 22.1. The van der Waals surface area contributed by atoms with Crippen LogP contribution in [-0.2, 0) is 0 Å². The van der Waals surface area contributed by atoms with Gasteiger partial charge in [0.05, 0.1) is 28.4 Å². The van der Waals surface area contributed by atoms with E-state index in [2.05, 4.69) is 41.8 Å². The molecule has 31 heavy (non-hydrogen) atoms. The fraction of sp³-hybridized carbons (Fsp3) is 0.0909. The molecule has 1 aromatic heterocycles. The van der Waals surface area contributed by atoms with E-state index in [1.54, 1.807) is 48.7 Å². The number of rotatable bonds is 5. The Kier molecular flexibility index (Phi) is 6.57. The molecule has 158 valence electrons. The third kappa shape index (κ3) is 4.60. The average molecular weight is 585 g/mol. The summed E-state index contributed by atoms with van der Waals surface area (Å²) in [5, 5.41) is 11.6. The third-order valence-electron chi connectivity index (χ3n) is 4.37. The van der Waals surface area contributed by atoms with Crippen molar-refractivity contribution in [3.63, 3.8) is 0 Å². The number of fused-ring (bicyclic) bond motifs is 1.